The highest BCUT2D eigenvalue weighted by atomic mass is 16.2. The van der Waals surface area contributed by atoms with Gasteiger partial charge in [-0.15, -0.1) is 0 Å². The van der Waals surface area contributed by atoms with Gasteiger partial charge in [-0.2, -0.15) is 0 Å². The zero-order valence-corrected chi connectivity index (χ0v) is 11.8. The van der Waals surface area contributed by atoms with Crippen LogP contribution in [0.4, 0.5) is 0 Å². The Kier molecular flexibility index (Phi) is 4.60. The number of carbonyl (C=O) groups excluding carboxylic acids is 2. The largest absolute Gasteiger partial charge is 0.287 e. The Morgan fingerprint density at radius 2 is 1.53 bits per heavy atom. The van der Waals surface area contributed by atoms with Crippen molar-refractivity contribution in [2.75, 3.05) is 13.1 Å². The molecule has 0 radical (unpaired) electrons. The molecular weight excluding hydrogens is 240 g/mol. The van der Waals surface area contributed by atoms with E-state index in [1.54, 1.807) is 0 Å². The van der Waals surface area contributed by atoms with E-state index < -0.39 is 0 Å². The molecule has 2 aliphatic rings. The zero-order valence-electron chi connectivity index (χ0n) is 11.8. The Morgan fingerprint density at radius 1 is 1.00 bits per heavy atom. The third kappa shape index (κ3) is 3.36. The van der Waals surface area contributed by atoms with Gasteiger partial charge >= 0.3 is 0 Å². The predicted molar refractivity (Wildman–Crippen MR) is 73.2 cm³/mol. The van der Waals surface area contributed by atoms with Crippen LogP contribution >= 0.6 is 0 Å². The van der Waals surface area contributed by atoms with Crippen LogP contribution in [0.25, 0.3) is 0 Å². The smallest absolute Gasteiger partial charge is 0.230 e. The van der Waals surface area contributed by atoms with Gasteiger partial charge in [-0.05, 0) is 26.7 Å². The molecule has 2 amide bonds. The number of carbonyl (C=O) groups is 2. The summed E-state index contributed by atoms with van der Waals surface area (Å²) in [6.07, 6.45) is 4.45. The third-order valence-corrected chi connectivity index (χ3v) is 4.15. The van der Waals surface area contributed by atoms with Gasteiger partial charge in [0.1, 0.15) is 0 Å². The monoisotopic (exact) mass is 262 g/mol. The molecule has 2 atom stereocenters. The second-order valence-corrected chi connectivity index (χ2v) is 5.53. The summed E-state index contributed by atoms with van der Waals surface area (Å²) in [5, 5.41) is 0. The lowest BCUT2D eigenvalue weighted by Crippen LogP contribution is -2.43. The lowest BCUT2D eigenvalue weighted by atomic mass is 9.98. The van der Waals surface area contributed by atoms with E-state index in [1.165, 1.54) is 24.2 Å². The summed E-state index contributed by atoms with van der Waals surface area (Å²) in [6.45, 7) is 5.47. The standard InChI is InChI=1S/C15H22N2O2/c1-12-6-5-7-13(2)16(12)10-3-4-11-17-14(18)8-9-15(17)19/h12-13H,5-11H2,1-2H3/t12-,13-/m1/s1. The molecule has 0 aromatic rings. The zero-order chi connectivity index (χ0) is 13.8. The Bertz CT molecular complexity index is 396. The Hall–Kier alpha value is -1.34. The minimum atomic E-state index is -0.0843. The fourth-order valence-electron chi connectivity index (χ4n) is 2.87. The van der Waals surface area contributed by atoms with Crippen molar-refractivity contribution in [3.05, 3.63) is 0 Å². The highest BCUT2D eigenvalue weighted by Crippen LogP contribution is 2.21. The van der Waals surface area contributed by atoms with Gasteiger partial charge in [0, 0.05) is 24.9 Å². The van der Waals surface area contributed by atoms with Gasteiger partial charge in [0.05, 0.1) is 13.1 Å². The normalized spacial score (nSPS) is 28.4. The van der Waals surface area contributed by atoms with E-state index in [4.69, 9.17) is 0 Å². The van der Waals surface area contributed by atoms with Crippen LogP contribution in [0.3, 0.4) is 0 Å². The first-order chi connectivity index (χ1) is 9.09. The molecule has 2 rings (SSSR count). The van der Waals surface area contributed by atoms with Gasteiger partial charge in [0.25, 0.3) is 0 Å². The summed E-state index contributed by atoms with van der Waals surface area (Å²) < 4.78 is 0. The molecule has 0 N–H and O–H groups in total. The van der Waals surface area contributed by atoms with Crippen LogP contribution in [0.2, 0.25) is 0 Å². The first-order valence-electron chi connectivity index (χ1n) is 7.14. The molecule has 0 aromatic heterocycles. The van der Waals surface area contributed by atoms with Crippen molar-refractivity contribution < 1.29 is 9.59 Å². The Morgan fingerprint density at radius 3 is 2.11 bits per heavy atom. The lowest BCUT2D eigenvalue weighted by Gasteiger charge is -2.37. The molecule has 2 saturated heterocycles. The van der Waals surface area contributed by atoms with Crippen molar-refractivity contribution in [1.29, 1.82) is 0 Å². The molecule has 2 heterocycles. The van der Waals surface area contributed by atoms with Crippen LogP contribution in [0.5, 0.6) is 0 Å². The molecule has 0 spiro atoms. The van der Waals surface area contributed by atoms with Crippen molar-refractivity contribution in [1.82, 2.24) is 9.80 Å². The summed E-state index contributed by atoms with van der Waals surface area (Å²) in [5.41, 5.74) is 0. The van der Waals surface area contributed by atoms with Gasteiger partial charge in [0.2, 0.25) is 11.8 Å². The van der Waals surface area contributed by atoms with Crippen molar-refractivity contribution in [3.8, 4) is 11.8 Å². The highest BCUT2D eigenvalue weighted by molar-refractivity contribution is 6.02. The van der Waals surface area contributed by atoms with Crippen molar-refractivity contribution in [2.24, 2.45) is 0 Å². The van der Waals surface area contributed by atoms with Crippen LogP contribution in [-0.4, -0.2) is 46.8 Å². The predicted octanol–water partition coefficient (Wildman–Crippen LogP) is 1.40. The molecule has 2 aliphatic heterocycles. The maximum Gasteiger partial charge on any atom is 0.230 e. The van der Waals surface area contributed by atoms with Gasteiger partial charge in [0.15, 0.2) is 0 Å². The van der Waals surface area contributed by atoms with E-state index >= 15 is 0 Å². The summed E-state index contributed by atoms with van der Waals surface area (Å²) >= 11 is 0. The first kappa shape index (κ1) is 14.1. The number of amides is 2. The number of imide groups is 1. The fraction of sp³-hybridized carbons (Fsp3) is 0.733. The number of hydrogen-bond acceptors (Lipinski definition) is 3. The van der Waals surface area contributed by atoms with Crippen LogP contribution in [-0.2, 0) is 9.59 Å². The molecule has 0 aliphatic carbocycles. The van der Waals surface area contributed by atoms with E-state index in [2.05, 4.69) is 30.6 Å². The minimum Gasteiger partial charge on any atom is -0.287 e. The van der Waals surface area contributed by atoms with Gasteiger partial charge in [-0.1, -0.05) is 18.3 Å². The lowest BCUT2D eigenvalue weighted by molar-refractivity contribution is -0.137. The van der Waals surface area contributed by atoms with E-state index in [1.807, 2.05) is 0 Å². The molecule has 104 valence electrons. The second kappa shape index (κ2) is 6.21. The van der Waals surface area contributed by atoms with Crippen molar-refractivity contribution >= 4 is 11.8 Å². The van der Waals surface area contributed by atoms with Gasteiger partial charge in [-0.3, -0.25) is 19.4 Å². The number of likely N-dealkylation sites (tertiary alicyclic amines) is 2. The molecule has 4 heteroatoms. The SMILES string of the molecule is C[C@@H]1CCC[C@@H](C)N1CC#CCN1C(=O)CCC1=O. The average Bonchev–Trinajstić information content (AvgIpc) is 2.68. The van der Waals surface area contributed by atoms with Gasteiger partial charge < -0.3 is 0 Å². The molecule has 4 nitrogen and oxygen atoms in total. The molecule has 0 saturated carbocycles. The molecule has 0 unspecified atom stereocenters. The van der Waals surface area contributed by atoms with Crippen LogP contribution in [0.15, 0.2) is 0 Å². The number of nitrogens with zero attached hydrogens (tertiary/aromatic N) is 2. The Labute approximate surface area is 115 Å². The molecule has 0 bridgehead atoms. The fourth-order valence-corrected chi connectivity index (χ4v) is 2.87. The highest BCUT2D eigenvalue weighted by Gasteiger charge is 2.27. The Balaban J connectivity index is 1.83. The topological polar surface area (TPSA) is 40.6 Å². The minimum absolute atomic E-state index is 0.0843. The number of rotatable bonds is 2. The molecular formula is C15H22N2O2. The number of hydrogen-bond donors (Lipinski definition) is 0. The van der Waals surface area contributed by atoms with E-state index in [9.17, 15) is 9.59 Å². The second-order valence-electron chi connectivity index (χ2n) is 5.53. The van der Waals surface area contributed by atoms with E-state index in [0.29, 0.717) is 24.9 Å². The average molecular weight is 262 g/mol. The molecule has 19 heavy (non-hydrogen) atoms. The molecule has 0 aromatic carbocycles. The van der Waals surface area contributed by atoms with Gasteiger partial charge in [-0.25, -0.2) is 0 Å². The quantitative estimate of drug-likeness (QED) is 0.558. The first-order valence-corrected chi connectivity index (χ1v) is 7.14. The van der Waals surface area contributed by atoms with Crippen LogP contribution in [0, 0.1) is 11.8 Å². The summed E-state index contributed by atoms with van der Waals surface area (Å²) in [4.78, 5) is 26.5. The molecule has 2 fully saturated rings. The number of piperidine rings is 1. The van der Waals surface area contributed by atoms with Crippen molar-refractivity contribution in [3.63, 3.8) is 0 Å². The summed E-state index contributed by atoms with van der Waals surface area (Å²) in [7, 11) is 0. The summed E-state index contributed by atoms with van der Waals surface area (Å²) in [5.74, 6) is 5.91. The van der Waals surface area contributed by atoms with Crippen LogP contribution < -0.4 is 0 Å². The van der Waals surface area contributed by atoms with E-state index in [0.717, 1.165) is 6.54 Å². The maximum absolute atomic E-state index is 11.4. The van der Waals surface area contributed by atoms with E-state index in [-0.39, 0.29) is 18.4 Å². The van der Waals surface area contributed by atoms with Crippen molar-refractivity contribution in [2.45, 2.75) is 58.0 Å². The summed E-state index contributed by atoms with van der Waals surface area (Å²) in [6, 6.07) is 1.15. The van der Waals surface area contributed by atoms with Crippen LogP contribution in [0.1, 0.15) is 46.0 Å². The maximum atomic E-state index is 11.4. The third-order valence-electron chi connectivity index (χ3n) is 4.15.